The molecule has 0 aliphatic rings. The molecule has 0 saturated carbocycles. The second-order valence-electron chi connectivity index (χ2n) is 4.14. The van der Waals surface area contributed by atoms with Gasteiger partial charge >= 0.3 is 0 Å². The van der Waals surface area contributed by atoms with Crippen LogP contribution in [0.3, 0.4) is 0 Å². The van der Waals surface area contributed by atoms with Gasteiger partial charge in [-0.05, 0) is 43.6 Å². The van der Waals surface area contributed by atoms with Crippen LogP contribution in [0.5, 0.6) is 0 Å². The number of rotatable bonds is 8. The van der Waals surface area contributed by atoms with Crippen molar-refractivity contribution >= 4 is 11.3 Å². The normalized spacial score (nSPS) is 12.6. The Labute approximate surface area is 103 Å². The average Bonchev–Trinajstić information content (AvgIpc) is 2.80. The van der Waals surface area contributed by atoms with Gasteiger partial charge in [-0.25, -0.2) is 0 Å². The third kappa shape index (κ3) is 4.92. The van der Waals surface area contributed by atoms with Crippen molar-refractivity contribution in [2.24, 2.45) is 5.84 Å². The summed E-state index contributed by atoms with van der Waals surface area (Å²) in [6.07, 6.45) is 5.51. The van der Waals surface area contributed by atoms with E-state index in [4.69, 9.17) is 5.84 Å². The largest absolute Gasteiger partial charge is 0.271 e. The number of hydrazine groups is 1. The van der Waals surface area contributed by atoms with E-state index in [1.165, 1.54) is 16.9 Å². The van der Waals surface area contributed by atoms with E-state index >= 15 is 0 Å². The van der Waals surface area contributed by atoms with Crippen LogP contribution in [0.2, 0.25) is 0 Å². The summed E-state index contributed by atoms with van der Waals surface area (Å²) in [5.41, 5.74) is 4.17. The lowest BCUT2D eigenvalue weighted by Crippen LogP contribution is -2.35. The maximum atomic E-state index is 5.55. The van der Waals surface area contributed by atoms with E-state index in [1.54, 1.807) is 0 Å². The molecule has 3 heteroatoms. The first-order valence-corrected chi connectivity index (χ1v) is 6.79. The van der Waals surface area contributed by atoms with E-state index in [0.717, 1.165) is 25.7 Å². The molecule has 0 spiro atoms. The molecule has 0 radical (unpaired) electrons. The Morgan fingerprint density at radius 1 is 1.62 bits per heavy atom. The van der Waals surface area contributed by atoms with Crippen molar-refractivity contribution in [2.45, 2.75) is 45.1 Å². The van der Waals surface area contributed by atoms with Crippen LogP contribution in [0.25, 0.3) is 0 Å². The van der Waals surface area contributed by atoms with Crippen LogP contribution in [-0.4, -0.2) is 6.04 Å². The molecular weight excluding hydrogens is 216 g/mol. The number of nitrogens with two attached hydrogens (primary N) is 1. The molecule has 1 heterocycles. The molecule has 1 unspecified atom stereocenters. The molecule has 0 aliphatic carbocycles. The van der Waals surface area contributed by atoms with Gasteiger partial charge in [0.1, 0.15) is 0 Å². The zero-order valence-corrected chi connectivity index (χ0v) is 10.9. The molecule has 0 amide bonds. The summed E-state index contributed by atoms with van der Waals surface area (Å²) in [6.45, 7) is 6.17. The van der Waals surface area contributed by atoms with Crippen LogP contribution >= 0.6 is 11.3 Å². The molecule has 0 bridgehead atoms. The molecular formula is C13H22N2S. The van der Waals surface area contributed by atoms with Crippen LogP contribution < -0.4 is 11.3 Å². The fourth-order valence-electron chi connectivity index (χ4n) is 1.71. The third-order valence-corrected chi connectivity index (χ3v) is 3.76. The van der Waals surface area contributed by atoms with Crippen molar-refractivity contribution in [3.63, 3.8) is 0 Å². The van der Waals surface area contributed by atoms with Gasteiger partial charge in [-0.1, -0.05) is 25.1 Å². The highest BCUT2D eigenvalue weighted by Gasteiger charge is 2.07. The van der Waals surface area contributed by atoms with Crippen LogP contribution in [0.1, 0.15) is 37.5 Å². The number of aryl methyl sites for hydroxylation is 1. The lowest BCUT2D eigenvalue weighted by molar-refractivity contribution is 0.473. The Kier molecular flexibility index (Phi) is 6.38. The molecule has 2 nitrogen and oxygen atoms in total. The monoisotopic (exact) mass is 238 g/mol. The van der Waals surface area contributed by atoms with E-state index in [-0.39, 0.29) is 0 Å². The summed E-state index contributed by atoms with van der Waals surface area (Å²) in [5, 5.41) is 2.13. The van der Waals surface area contributed by atoms with Crippen molar-refractivity contribution < 1.29 is 0 Å². The number of hydrogen-bond donors (Lipinski definition) is 2. The molecule has 0 saturated heterocycles. The fourth-order valence-corrected chi connectivity index (χ4v) is 2.47. The predicted molar refractivity (Wildman–Crippen MR) is 72.4 cm³/mol. The summed E-state index contributed by atoms with van der Waals surface area (Å²) < 4.78 is 0. The smallest absolute Gasteiger partial charge is 0.0247 e. The Morgan fingerprint density at radius 3 is 3.00 bits per heavy atom. The van der Waals surface area contributed by atoms with Crippen LogP contribution in [0.4, 0.5) is 0 Å². The molecule has 1 aromatic rings. The Hall–Kier alpha value is -0.640. The van der Waals surface area contributed by atoms with Crippen molar-refractivity contribution in [1.82, 2.24) is 5.43 Å². The lowest BCUT2D eigenvalue weighted by Gasteiger charge is -2.16. The second kappa shape index (κ2) is 7.60. The predicted octanol–water partition coefficient (Wildman–Crippen LogP) is 3.26. The van der Waals surface area contributed by atoms with Crippen LogP contribution in [-0.2, 0) is 6.42 Å². The summed E-state index contributed by atoms with van der Waals surface area (Å²) in [7, 11) is 0. The highest BCUT2D eigenvalue weighted by Crippen LogP contribution is 2.15. The van der Waals surface area contributed by atoms with Crippen molar-refractivity contribution in [3.8, 4) is 0 Å². The third-order valence-electron chi connectivity index (χ3n) is 2.83. The molecule has 0 fully saturated rings. The number of nitrogens with one attached hydrogen (secondary N) is 1. The molecule has 1 rings (SSSR count). The van der Waals surface area contributed by atoms with Gasteiger partial charge in [0.25, 0.3) is 0 Å². The number of hydrogen-bond acceptors (Lipinski definition) is 3. The summed E-state index contributed by atoms with van der Waals surface area (Å²) in [4.78, 5) is 1.46. The van der Waals surface area contributed by atoms with Crippen LogP contribution in [0.15, 0.2) is 29.7 Å². The second-order valence-corrected chi connectivity index (χ2v) is 5.18. The first kappa shape index (κ1) is 13.4. The minimum Gasteiger partial charge on any atom is -0.271 e. The molecule has 0 aromatic carbocycles. The summed E-state index contributed by atoms with van der Waals surface area (Å²) in [6, 6.07) is 4.69. The Bertz CT molecular complexity index is 293. The van der Waals surface area contributed by atoms with Gasteiger partial charge in [0, 0.05) is 10.9 Å². The topological polar surface area (TPSA) is 38.0 Å². The standard InChI is InChI=1S/C13H22N2S/c1-3-11(2)10-12(15-14)6-4-7-13-8-5-9-16-13/h5,8-9,12,15H,2-4,6-7,10,14H2,1H3. The number of thiophene rings is 1. The molecule has 1 aromatic heterocycles. The zero-order chi connectivity index (χ0) is 11.8. The fraction of sp³-hybridized carbons (Fsp3) is 0.538. The Morgan fingerprint density at radius 2 is 2.44 bits per heavy atom. The lowest BCUT2D eigenvalue weighted by atomic mass is 10.0. The molecule has 3 N–H and O–H groups in total. The van der Waals surface area contributed by atoms with Gasteiger partial charge in [0.15, 0.2) is 0 Å². The van der Waals surface area contributed by atoms with Gasteiger partial charge in [-0.2, -0.15) is 0 Å². The minimum atomic E-state index is 0.382. The quantitative estimate of drug-likeness (QED) is 0.414. The van der Waals surface area contributed by atoms with E-state index in [1.807, 2.05) is 11.3 Å². The zero-order valence-electron chi connectivity index (χ0n) is 10.0. The van der Waals surface area contributed by atoms with Gasteiger partial charge in [-0.15, -0.1) is 11.3 Å². The van der Waals surface area contributed by atoms with Crippen molar-refractivity contribution in [2.75, 3.05) is 0 Å². The summed E-state index contributed by atoms with van der Waals surface area (Å²) in [5.74, 6) is 5.55. The van der Waals surface area contributed by atoms with Crippen molar-refractivity contribution in [1.29, 1.82) is 0 Å². The molecule has 1 atom stereocenters. The molecule has 0 aliphatic heterocycles. The molecule has 90 valence electrons. The molecule has 16 heavy (non-hydrogen) atoms. The highest BCUT2D eigenvalue weighted by atomic mass is 32.1. The average molecular weight is 238 g/mol. The highest BCUT2D eigenvalue weighted by molar-refractivity contribution is 7.09. The van der Waals surface area contributed by atoms with Gasteiger partial charge in [0.2, 0.25) is 0 Å². The first-order chi connectivity index (χ1) is 7.76. The van der Waals surface area contributed by atoms with E-state index in [2.05, 4.69) is 36.4 Å². The first-order valence-electron chi connectivity index (χ1n) is 5.91. The van der Waals surface area contributed by atoms with Gasteiger partial charge < -0.3 is 0 Å². The van der Waals surface area contributed by atoms with E-state index < -0.39 is 0 Å². The minimum absolute atomic E-state index is 0.382. The van der Waals surface area contributed by atoms with E-state index in [9.17, 15) is 0 Å². The summed E-state index contributed by atoms with van der Waals surface area (Å²) >= 11 is 1.83. The van der Waals surface area contributed by atoms with Crippen molar-refractivity contribution in [3.05, 3.63) is 34.5 Å². The van der Waals surface area contributed by atoms with Gasteiger partial charge in [-0.3, -0.25) is 11.3 Å². The SMILES string of the molecule is C=C(CC)CC(CCCc1cccs1)NN. The van der Waals surface area contributed by atoms with E-state index in [0.29, 0.717) is 6.04 Å². The maximum absolute atomic E-state index is 5.55. The van der Waals surface area contributed by atoms with Crippen LogP contribution in [0, 0.1) is 0 Å². The Balaban J connectivity index is 2.21. The van der Waals surface area contributed by atoms with Gasteiger partial charge in [0.05, 0.1) is 0 Å². The maximum Gasteiger partial charge on any atom is 0.0247 e.